The van der Waals surface area contributed by atoms with Gasteiger partial charge in [-0.15, -0.1) is 0 Å². The Labute approximate surface area is 78.7 Å². The fraction of sp³-hybridized carbons (Fsp3) is 0.455. The van der Waals surface area contributed by atoms with Crippen LogP contribution >= 0.6 is 0 Å². The lowest BCUT2D eigenvalue weighted by molar-refractivity contribution is 0.414. The molecule has 0 radical (unpaired) electrons. The maximum absolute atomic E-state index is 6.00. The molecule has 2 unspecified atom stereocenters. The molecule has 1 aromatic carbocycles. The normalized spacial score (nSPS) is 25.8. The highest BCUT2D eigenvalue weighted by atomic mass is 16.5. The molecule has 0 spiro atoms. The predicted octanol–water partition coefficient (Wildman–Crippen LogP) is 2.20. The molecule has 1 aromatic rings. The summed E-state index contributed by atoms with van der Waals surface area (Å²) in [7, 11) is 1.69. The smallest absolute Gasteiger partial charge is 0.119 e. The van der Waals surface area contributed by atoms with E-state index in [4.69, 9.17) is 10.5 Å². The van der Waals surface area contributed by atoms with Gasteiger partial charge in [0.05, 0.1) is 7.11 Å². The van der Waals surface area contributed by atoms with Crippen molar-refractivity contribution in [2.45, 2.75) is 25.3 Å². The standard InChI is InChI=1S/C11H15NO/c1-7-5-11(12)10-6-8(13-2)3-4-9(7)10/h3-4,6-7,11H,5,12H2,1-2H3. The highest BCUT2D eigenvalue weighted by Crippen LogP contribution is 2.39. The molecule has 1 aliphatic rings. The fourth-order valence-corrected chi connectivity index (χ4v) is 2.08. The molecule has 2 heteroatoms. The van der Waals surface area contributed by atoms with Crippen LogP contribution in [0.3, 0.4) is 0 Å². The Hall–Kier alpha value is -1.02. The molecule has 0 fully saturated rings. The van der Waals surface area contributed by atoms with Crippen LogP contribution in [-0.4, -0.2) is 7.11 Å². The van der Waals surface area contributed by atoms with Gasteiger partial charge >= 0.3 is 0 Å². The Morgan fingerprint density at radius 2 is 2.15 bits per heavy atom. The Balaban J connectivity index is 2.46. The SMILES string of the molecule is COc1ccc2c(c1)C(N)CC2C. The number of benzene rings is 1. The first-order chi connectivity index (χ1) is 6.22. The van der Waals surface area contributed by atoms with Crippen LogP contribution in [0.4, 0.5) is 0 Å². The summed E-state index contributed by atoms with van der Waals surface area (Å²) in [6.45, 7) is 2.22. The molecule has 0 heterocycles. The van der Waals surface area contributed by atoms with Crippen molar-refractivity contribution in [1.29, 1.82) is 0 Å². The molecule has 1 aliphatic carbocycles. The van der Waals surface area contributed by atoms with E-state index >= 15 is 0 Å². The Kier molecular flexibility index (Phi) is 2.00. The summed E-state index contributed by atoms with van der Waals surface area (Å²) in [6.07, 6.45) is 1.06. The van der Waals surface area contributed by atoms with Gasteiger partial charge in [0, 0.05) is 6.04 Å². The first-order valence-corrected chi connectivity index (χ1v) is 4.65. The molecule has 0 saturated heterocycles. The average molecular weight is 177 g/mol. The molecule has 2 atom stereocenters. The van der Waals surface area contributed by atoms with Crippen LogP contribution < -0.4 is 10.5 Å². The zero-order valence-electron chi connectivity index (χ0n) is 8.08. The van der Waals surface area contributed by atoms with E-state index in [0.717, 1.165) is 12.2 Å². The first kappa shape index (κ1) is 8.57. The van der Waals surface area contributed by atoms with Crippen LogP contribution in [0.5, 0.6) is 5.75 Å². The minimum atomic E-state index is 0.195. The lowest BCUT2D eigenvalue weighted by Gasteiger charge is -2.07. The molecule has 0 aromatic heterocycles. The summed E-state index contributed by atoms with van der Waals surface area (Å²) in [5.74, 6) is 1.50. The Morgan fingerprint density at radius 1 is 1.38 bits per heavy atom. The van der Waals surface area contributed by atoms with Crippen molar-refractivity contribution in [1.82, 2.24) is 0 Å². The fourth-order valence-electron chi connectivity index (χ4n) is 2.08. The van der Waals surface area contributed by atoms with Crippen LogP contribution in [0.2, 0.25) is 0 Å². The van der Waals surface area contributed by atoms with Crippen LogP contribution in [0.15, 0.2) is 18.2 Å². The molecule has 0 amide bonds. The molecule has 0 aliphatic heterocycles. The third-order valence-electron chi connectivity index (χ3n) is 2.83. The molecule has 2 rings (SSSR count). The van der Waals surface area contributed by atoms with Gasteiger partial charge in [-0.3, -0.25) is 0 Å². The van der Waals surface area contributed by atoms with Gasteiger partial charge < -0.3 is 10.5 Å². The van der Waals surface area contributed by atoms with Crippen LogP contribution in [-0.2, 0) is 0 Å². The second kappa shape index (κ2) is 3.04. The van der Waals surface area contributed by atoms with Crippen molar-refractivity contribution >= 4 is 0 Å². The summed E-state index contributed by atoms with van der Waals surface area (Å²) in [4.78, 5) is 0. The summed E-state index contributed by atoms with van der Waals surface area (Å²) < 4.78 is 5.17. The van der Waals surface area contributed by atoms with E-state index in [0.29, 0.717) is 5.92 Å². The molecular formula is C11H15NO. The van der Waals surface area contributed by atoms with Crippen LogP contribution in [0.25, 0.3) is 0 Å². The monoisotopic (exact) mass is 177 g/mol. The summed E-state index contributed by atoms with van der Waals surface area (Å²) in [5.41, 5.74) is 8.64. The van der Waals surface area contributed by atoms with E-state index in [2.05, 4.69) is 19.1 Å². The molecule has 0 saturated carbocycles. The second-order valence-electron chi connectivity index (χ2n) is 3.74. The third kappa shape index (κ3) is 1.31. The number of nitrogens with two attached hydrogens (primary N) is 1. The van der Waals surface area contributed by atoms with Crippen molar-refractivity contribution in [3.05, 3.63) is 29.3 Å². The van der Waals surface area contributed by atoms with Crippen molar-refractivity contribution in [2.75, 3.05) is 7.11 Å². The molecule has 0 bridgehead atoms. The topological polar surface area (TPSA) is 35.2 Å². The number of rotatable bonds is 1. The second-order valence-corrected chi connectivity index (χ2v) is 3.74. The van der Waals surface area contributed by atoms with Crippen molar-refractivity contribution in [3.63, 3.8) is 0 Å². The minimum Gasteiger partial charge on any atom is -0.497 e. The first-order valence-electron chi connectivity index (χ1n) is 4.65. The molecule has 2 nitrogen and oxygen atoms in total. The van der Waals surface area contributed by atoms with Gasteiger partial charge in [0.25, 0.3) is 0 Å². The highest BCUT2D eigenvalue weighted by Gasteiger charge is 2.25. The molecule has 2 N–H and O–H groups in total. The summed E-state index contributed by atoms with van der Waals surface area (Å²) in [6, 6.07) is 6.39. The Bertz CT molecular complexity index is 322. The van der Waals surface area contributed by atoms with Crippen molar-refractivity contribution in [3.8, 4) is 5.75 Å². The van der Waals surface area contributed by atoms with Crippen LogP contribution in [0, 0.1) is 0 Å². The van der Waals surface area contributed by atoms with Gasteiger partial charge in [0.15, 0.2) is 0 Å². The lowest BCUT2D eigenvalue weighted by Crippen LogP contribution is -2.05. The summed E-state index contributed by atoms with van der Waals surface area (Å²) >= 11 is 0. The Morgan fingerprint density at radius 3 is 2.85 bits per heavy atom. The van der Waals surface area contributed by atoms with Gasteiger partial charge in [-0.25, -0.2) is 0 Å². The number of ether oxygens (including phenoxy) is 1. The van der Waals surface area contributed by atoms with E-state index in [1.807, 2.05) is 6.07 Å². The zero-order valence-corrected chi connectivity index (χ0v) is 8.08. The van der Waals surface area contributed by atoms with Crippen molar-refractivity contribution in [2.24, 2.45) is 5.73 Å². The zero-order chi connectivity index (χ0) is 9.42. The largest absolute Gasteiger partial charge is 0.497 e. The van der Waals surface area contributed by atoms with Gasteiger partial charge in [0.2, 0.25) is 0 Å². The van der Waals surface area contributed by atoms with E-state index in [9.17, 15) is 0 Å². The van der Waals surface area contributed by atoms with Gasteiger partial charge in [-0.2, -0.15) is 0 Å². The molecule has 70 valence electrons. The molecule has 13 heavy (non-hydrogen) atoms. The predicted molar refractivity (Wildman–Crippen MR) is 53.0 cm³/mol. The molecular weight excluding hydrogens is 162 g/mol. The number of hydrogen-bond donors (Lipinski definition) is 1. The lowest BCUT2D eigenvalue weighted by atomic mass is 10.0. The number of methoxy groups -OCH3 is 1. The van der Waals surface area contributed by atoms with Crippen molar-refractivity contribution < 1.29 is 4.74 Å². The maximum atomic E-state index is 6.00. The minimum absolute atomic E-state index is 0.195. The van der Waals surface area contributed by atoms with Crippen LogP contribution in [0.1, 0.15) is 36.4 Å². The van der Waals surface area contributed by atoms with Gasteiger partial charge in [-0.05, 0) is 35.6 Å². The van der Waals surface area contributed by atoms with E-state index in [-0.39, 0.29) is 6.04 Å². The quantitative estimate of drug-likeness (QED) is 0.713. The number of hydrogen-bond acceptors (Lipinski definition) is 2. The summed E-state index contributed by atoms with van der Waals surface area (Å²) in [5, 5.41) is 0. The maximum Gasteiger partial charge on any atom is 0.119 e. The van der Waals surface area contributed by atoms with Gasteiger partial charge in [0.1, 0.15) is 5.75 Å². The van der Waals surface area contributed by atoms with E-state index in [1.54, 1.807) is 7.11 Å². The van der Waals surface area contributed by atoms with Gasteiger partial charge in [-0.1, -0.05) is 13.0 Å². The highest BCUT2D eigenvalue weighted by molar-refractivity contribution is 5.42. The average Bonchev–Trinajstić information content (AvgIpc) is 2.42. The van der Waals surface area contributed by atoms with E-state index < -0.39 is 0 Å². The van der Waals surface area contributed by atoms with E-state index in [1.165, 1.54) is 11.1 Å². The third-order valence-corrected chi connectivity index (χ3v) is 2.83. The number of fused-ring (bicyclic) bond motifs is 1.